The number of aromatic nitrogens is 3. The molecule has 4 heteroatoms. The summed E-state index contributed by atoms with van der Waals surface area (Å²) in [7, 11) is 0. The number of hydrogen-bond acceptors (Lipinski definition) is 4. The third-order valence-corrected chi connectivity index (χ3v) is 9.91. The fraction of sp³-hybridized carbons (Fsp3) is 0.0444. The Balaban J connectivity index is 1.19. The third-order valence-electron chi connectivity index (χ3n) is 9.91. The normalized spacial score (nSPS) is 17.4. The van der Waals surface area contributed by atoms with Gasteiger partial charge in [0.2, 0.25) is 0 Å². The number of nitrogens with zero attached hydrogens (tertiary/aromatic N) is 3. The highest BCUT2D eigenvalue weighted by molar-refractivity contribution is 6.06. The van der Waals surface area contributed by atoms with Gasteiger partial charge in [0.05, 0.1) is 5.92 Å². The maximum Gasteiger partial charge on any atom is 0.164 e. The van der Waals surface area contributed by atoms with Crippen molar-refractivity contribution in [2.24, 2.45) is 5.92 Å². The topological polar surface area (TPSA) is 51.8 Å². The standard InChI is InChI=1S/C45H29N3O/c1-3-13-30(14-4-1)43-46-44(31-15-5-2-6-16-31)48-45(47-43)38-27-33(26-32-17-8-9-18-34(32)38)36-20-11-21-39-41(36)37-25-24-29-23-22-28-12-7-10-19-35(28)40(29)42(37)49-39/h1-27,35,40H. The van der Waals surface area contributed by atoms with Gasteiger partial charge in [-0.3, -0.25) is 0 Å². The number of allylic oxidation sites excluding steroid dienone is 9. The first-order chi connectivity index (χ1) is 24.3. The van der Waals surface area contributed by atoms with Crippen LogP contribution in [0.15, 0.2) is 173 Å². The van der Waals surface area contributed by atoms with Crippen molar-refractivity contribution in [2.45, 2.75) is 5.92 Å². The fourth-order valence-corrected chi connectivity index (χ4v) is 7.61. The van der Waals surface area contributed by atoms with Crippen molar-refractivity contribution in [3.05, 3.63) is 180 Å². The van der Waals surface area contributed by atoms with E-state index in [0.717, 1.165) is 60.9 Å². The molecule has 2 unspecified atom stereocenters. The van der Waals surface area contributed by atoms with Gasteiger partial charge in [-0.25, -0.2) is 15.0 Å². The Bertz CT molecular complexity index is 2550. The maximum absolute atomic E-state index is 6.79. The first-order valence-corrected chi connectivity index (χ1v) is 16.7. The largest absolute Gasteiger partial charge is 0.460 e. The molecule has 0 bridgehead atoms. The van der Waals surface area contributed by atoms with E-state index in [2.05, 4.69) is 103 Å². The van der Waals surface area contributed by atoms with Crippen LogP contribution in [0.2, 0.25) is 0 Å². The Labute approximate surface area is 283 Å². The molecule has 2 heterocycles. The first kappa shape index (κ1) is 27.7. The molecule has 0 N–H and O–H groups in total. The lowest BCUT2D eigenvalue weighted by Crippen LogP contribution is -2.20. The van der Waals surface area contributed by atoms with E-state index >= 15 is 0 Å². The average Bonchev–Trinajstić information content (AvgIpc) is 3.57. The lowest BCUT2D eigenvalue weighted by atomic mass is 9.71. The SMILES string of the molecule is C1=CC2=CC=C3C=Cc4c(oc5cccc(-c6cc(-c7nc(-c8ccccc8)nc(-c8ccccc8)n7)c7ccccc7c6)c45)C3C2C=C1. The van der Waals surface area contributed by atoms with Crippen LogP contribution >= 0.6 is 0 Å². The average molecular weight is 628 g/mol. The van der Waals surface area contributed by atoms with E-state index in [0.29, 0.717) is 17.5 Å². The van der Waals surface area contributed by atoms with Crippen LogP contribution in [0.25, 0.3) is 73.1 Å². The number of rotatable bonds is 4. The van der Waals surface area contributed by atoms with Crippen LogP contribution in [0.5, 0.6) is 0 Å². The van der Waals surface area contributed by atoms with Crippen molar-refractivity contribution in [1.82, 2.24) is 15.0 Å². The molecule has 4 nitrogen and oxygen atoms in total. The second-order valence-electron chi connectivity index (χ2n) is 12.8. The Morgan fingerprint density at radius 3 is 2.04 bits per heavy atom. The molecule has 2 atom stereocenters. The molecule has 230 valence electrons. The molecule has 0 amide bonds. The maximum atomic E-state index is 6.79. The van der Waals surface area contributed by atoms with Crippen molar-refractivity contribution in [1.29, 1.82) is 0 Å². The molecule has 2 aromatic heterocycles. The van der Waals surface area contributed by atoms with E-state index in [1.165, 1.54) is 11.1 Å². The van der Waals surface area contributed by atoms with Gasteiger partial charge in [-0.1, -0.05) is 146 Å². The van der Waals surface area contributed by atoms with Gasteiger partial charge in [-0.15, -0.1) is 0 Å². The lowest BCUT2D eigenvalue weighted by Gasteiger charge is -2.32. The van der Waals surface area contributed by atoms with E-state index < -0.39 is 0 Å². The molecule has 0 aliphatic heterocycles. The summed E-state index contributed by atoms with van der Waals surface area (Å²) in [5, 5.41) is 3.34. The summed E-state index contributed by atoms with van der Waals surface area (Å²) in [4.78, 5) is 15.2. The van der Waals surface area contributed by atoms with Crippen molar-refractivity contribution in [3.63, 3.8) is 0 Å². The number of fused-ring (bicyclic) bond motifs is 8. The Morgan fingerprint density at radius 2 is 1.24 bits per heavy atom. The number of hydrogen-bond donors (Lipinski definition) is 0. The molecular formula is C45H29N3O. The molecule has 0 saturated heterocycles. The lowest BCUT2D eigenvalue weighted by molar-refractivity contribution is 0.479. The summed E-state index contributed by atoms with van der Waals surface area (Å²) in [6.45, 7) is 0. The smallest absolute Gasteiger partial charge is 0.164 e. The first-order valence-electron chi connectivity index (χ1n) is 16.7. The minimum atomic E-state index is 0.145. The van der Waals surface area contributed by atoms with Crippen molar-refractivity contribution in [2.75, 3.05) is 0 Å². The van der Waals surface area contributed by atoms with Gasteiger partial charge in [0, 0.05) is 33.6 Å². The molecule has 49 heavy (non-hydrogen) atoms. The Hall–Kier alpha value is -6.39. The summed E-state index contributed by atoms with van der Waals surface area (Å²) in [6, 6.07) is 39.7. The van der Waals surface area contributed by atoms with E-state index in [9.17, 15) is 0 Å². The number of furan rings is 1. The van der Waals surface area contributed by atoms with Crippen LogP contribution in [-0.4, -0.2) is 15.0 Å². The zero-order valence-corrected chi connectivity index (χ0v) is 26.5. The predicted molar refractivity (Wildman–Crippen MR) is 199 cm³/mol. The van der Waals surface area contributed by atoms with Crippen molar-refractivity contribution >= 4 is 27.8 Å². The van der Waals surface area contributed by atoms with Gasteiger partial charge in [-0.2, -0.15) is 0 Å². The monoisotopic (exact) mass is 627 g/mol. The minimum absolute atomic E-state index is 0.145. The Morgan fingerprint density at radius 1 is 0.531 bits per heavy atom. The van der Waals surface area contributed by atoms with Gasteiger partial charge >= 0.3 is 0 Å². The van der Waals surface area contributed by atoms with Gasteiger partial charge in [0.15, 0.2) is 17.5 Å². The minimum Gasteiger partial charge on any atom is -0.460 e. The van der Waals surface area contributed by atoms with Crippen LogP contribution in [0.3, 0.4) is 0 Å². The summed E-state index contributed by atoms with van der Waals surface area (Å²) in [5.41, 5.74) is 9.72. The van der Waals surface area contributed by atoms with Crippen LogP contribution in [0, 0.1) is 5.92 Å². The molecule has 0 saturated carbocycles. The van der Waals surface area contributed by atoms with E-state index in [-0.39, 0.29) is 11.8 Å². The molecule has 0 fully saturated rings. The van der Waals surface area contributed by atoms with E-state index in [1.807, 2.05) is 60.7 Å². The highest BCUT2D eigenvalue weighted by Gasteiger charge is 2.36. The van der Waals surface area contributed by atoms with Crippen LogP contribution in [-0.2, 0) is 0 Å². The molecule has 5 aromatic carbocycles. The zero-order chi connectivity index (χ0) is 32.3. The predicted octanol–water partition coefficient (Wildman–Crippen LogP) is 11.2. The summed E-state index contributed by atoms with van der Waals surface area (Å²) in [6.07, 6.45) is 17.8. The summed E-state index contributed by atoms with van der Waals surface area (Å²) >= 11 is 0. The van der Waals surface area contributed by atoms with Gasteiger partial charge in [-0.05, 0) is 51.2 Å². The fourth-order valence-electron chi connectivity index (χ4n) is 7.61. The van der Waals surface area contributed by atoms with Gasteiger partial charge < -0.3 is 4.42 Å². The van der Waals surface area contributed by atoms with Crippen LogP contribution in [0.4, 0.5) is 0 Å². The molecular weight excluding hydrogens is 599 g/mol. The van der Waals surface area contributed by atoms with Gasteiger partial charge in [0.1, 0.15) is 11.3 Å². The molecule has 7 aromatic rings. The highest BCUT2D eigenvalue weighted by atomic mass is 16.3. The van der Waals surface area contributed by atoms with Crippen LogP contribution in [0.1, 0.15) is 17.2 Å². The molecule has 10 rings (SSSR count). The highest BCUT2D eigenvalue weighted by Crippen LogP contribution is 2.50. The van der Waals surface area contributed by atoms with Crippen LogP contribution < -0.4 is 0 Å². The molecule has 3 aliphatic rings. The van der Waals surface area contributed by atoms with Crippen molar-refractivity contribution in [3.8, 4) is 45.3 Å². The van der Waals surface area contributed by atoms with E-state index in [4.69, 9.17) is 19.4 Å². The molecule has 3 aliphatic carbocycles. The molecule has 0 radical (unpaired) electrons. The van der Waals surface area contributed by atoms with Crippen molar-refractivity contribution < 1.29 is 4.42 Å². The third kappa shape index (κ3) is 4.56. The zero-order valence-electron chi connectivity index (χ0n) is 26.5. The molecule has 0 spiro atoms. The second kappa shape index (κ2) is 11.1. The van der Waals surface area contributed by atoms with Gasteiger partial charge in [0.25, 0.3) is 0 Å². The summed E-state index contributed by atoms with van der Waals surface area (Å²) in [5.74, 6) is 3.36. The Kier molecular flexibility index (Phi) is 6.28. The number of benzene rings is 5. The quantitative estimate of drug-likeness (QED) is 0.195. The summed E-state index contributed by atoms with van der Waals surface area (Å²) < 4.78 is 6.79. The second-order valence-corrected chi connectivity index (χ2v) is 12.8. The van der Waals surface area contributed by atoms with E-state index in [1.54, 1.807) is 0 Å².